The SMILES string of the molecule is N#Cc1ccc(C(=O)Nc2cnccc2Cl)cc1. The molecule has 1 amide bonds. The van der Waals surface area contributed by atoms with Gasteiger partial charge in [-0.1, -0.05) is 11.6 Å². The summed E-state index contributed by atoms with van der Waals surface area (Å²) in [7, 11) is 0. The van der Waals surface area contributed by atoms with E-state index < -0.39 is 0 Å². The zero-order valence-electron chi connectivity index (χ0n) is 9.22. The second-order valence-electron chi connectivity index (χ2n) is 3.50. The van der Waals surface area contributed by atoms with Crippen molar-refractivity contribution in [3.63, 3.8) is 0 Å². The molecule has 0 saturated carbocycles. The second-order valence-corrected chi connectivity index (χ2v) is 3.91. The molecule has 5 heteroatoms. The predicted molar refractivity (Wildman–Crippen MR) is 68.4 cm³/mol. The van der Waals surface area contributed by atoms with Crippen LogP contribution in [0, 0.1) is 11.3 Å². The third kappa shape index (κ3) is 2.65. The lowest BCUT2D eigenvalue weighted by atomic mass is 10.1. The van der Waals surface area contributed by atoms with Gasteiger partial charge in [0.05, 0.1) is 28.5 Å². The molecule has 1 N–H and O–H groups in total. The Morgan fingerprint density at radius 2 is 2.00 bits per heavy atom. The molecule has 2 aromatic rings. The van der Waals surface area contributed by atoms with Crippen molar-refractivity contribution in [2.75, 3.05) is 5.32 Å². The molecule has 0 radical (unpaired) electrons. The fourth-order valence-electron chi connectivity index (χ4n) is 1.36. The summed E-state index contributed by atoms with van der Waals surface area (Å²) >= 11 is 5.91. The predicted octanol–water partition coefficient (Wildman–Crippen LogP) is 2.86. The zero-order valence-corrected chi connectivity index (χ0v) is 9.98. The molecule has 18 heavy (non-hydrogen) atoms. The molecule has 0 saturated heterocycles. The Labute approximate surface area is 109 Å². The molecular weight excluding hydrogens is 250 g/mol. The standard InChI is InChI=1S/C13H8ClN3O/c14-11-5-6-16-8-12(11)17-13(18)10-3-1-9(7-15)2-4-10/h1-6,8H,(H,17,18). The topological polar surface area (TPSA) is 65.8 Å². The first-order valence-electron chi connectivity index (χ1n) is 5.12. The van der Waals surface area contributed by atoms with Crippen LogP contribution >= 0.6 is 11.6 Å². The number of nitriles is 1. The van der Waals surface area contributed by atoms with Crippen LogP contribution in [0.2, 0.25) is 5.02 Å². The first-order chi connectivity index (χ1) is 8.70. The zero-order chi connectivity index (χ0) is 13.0. The Morgan fingerprint density at radius 1 is 1.28 bits per heavy atom. The van der Waals surface area contributed by atoms with Gasteiger partial charge in [0.25, 0.3) is 5.91 Å². The van der Waals surface area contributed by atoms with Gasteiger partial charge in [0, 0.05) is 11.8 Å². The van der Waals surface area contributed by atoms with Crippen molar-refractivity contribution < 1.29 is 4.79 Å². The van der Waals surface area contributed by atoms with Crippen LogP contribution in [0.25, 0.3) is 0 Å². The molecule has 0 aliphatic carbocycles. The third-order valence-electron chi connectivity index (χ3n) is 2.29. The van der Waals surface area contributed by atoms with E-state index in [1.165, 1.54) is 6.20 Å². The average Bonchev–Trinajstić information content (AvgIpc) is 2.41. The van der Waals surface area contributed by atoms with Crippen LogP contribution in [-0.4, -0.2) is 10.9 Å². The van der Waals surface area contributed by atoms with Gasteiger partial charge < -0.3 is 5.32 Å². The fourth-order valence-corrected chi connectivity index (χ4v) is 1.51. The van der Waals surface area contributed by atoms with Gasteiger partial charge in [-0.05, 0) is 30.3 Å². The number of nitrogens with zero attached hydrogens (tertiary/aromatic N) is 2. The molecule has 88 valence electrons. The van der Waals surface area contributed by atoms with Gasteiger partial charge in [-0.15, -0.1) is 0 Å². The van der Waals surface area contributed by atoms with Gasteiger partial charge in [0.1, 0.15) is 0 Å². The van der Waals surface area contributed by atoms with Crippen LogP contribution in [0.5, 0.6) is 0 Å². The molecule has 0 fully saturated rings. The van der Waals surface area contributed by atoms with Crippen LogP contribution in [0.3, 0.4) is 0 Å². The van der Waals surface area contributed by atoms with Gasteiger partial charge in [-0.3, -0.25) is 9.78 Å². The summed E-state index contributed by atoms with van der Waals surface area (Å²) < 4.78 is 0. The number of hydrogen-bond acceptors (Lipinski definition) is 3. The molecule has 1 heterocycles. The van der Waals surface area contributed by atoms with Crippen molar-refractivity contribution in [3.8, 4) is 6.07 Å². The van der Waals surface area contributed by atoms with Crippen LogP contribution < -0.4 is 5.32 Å². The summed E-state index contributed by atoms with van der Waals surface area (Å²) in [5, 5.41) is 11.7. The number of hydrogen-bond donors (Lipinski definition) is 1. The summed E-state index contributed by atoms with van der Waals surface area (Å²) in [4.78, 5) is 15.8. The van der Waals surface area contributed by atoms with Gasteiger partial charge in [-0.2, -0.15) is 5.26 Å². The highest BCUT2D eigenvalue weighted by Gasteiger charge is 2.08. The molecular formula is C13H8ClN3O. The van der Waals surface area contributed by atoms with Gasteiger partial charge >= 0.3 is 0 Å². The molecule has 1 aromatic heterocycles. The minimum atomic E-state index is -0.297. The van der Waals surface area contributed by atoms with Crippen molar-refractivity contribution in [2.45, 2.75) is 0 Å². The minimum absolute atomic E-state index is 0.297. The number of carbonyl (C=O) groups excluding carboxylic acids is 1. The highest BCUT2D eigenvalue weighted by molar-refractivity contribution is 6.33. The van der Waals surface area contributed by atoms with E-state index in [2.05, 4.69) is 10.3 Å². The summed E-state index contributed by atoms with van der Waals surface area (Å²) in [5.41, 5.74) is 1.41. The highest BCUT2D eigenvalue weighted by atomic mass is 35.5. The van der Waals surface area contributed by atoms with Crippen molar-refractivity contribution in [2.24, 2.45) is 0 Å². The van der Waals surface area contributed by atoms with E-state index in [1.54, 1.807) is 36.5 Å². The molecule has 0 atom stereocenters. The molecule has 1 aromatic carbocycles. The number of halogens is 1. The Hall–Kier alpha value is -2.38. The van der Waals surface area contributed by atoms with E-state index >= 15 is 0 Å². The summed E-state index contributed by atoms with van der Waals surface area (Å²) in [5.74, 6) is -0.297. The highest BCUT2D eigenvalue weighted by Crippen LogP contribution is 2.19. The molecule has 0 spiro atoms. The number of anilines is 1. The summed E-state index contributed by atoms with van der Waals surface area (Å²) in [6.45, 7) is 0. The number of aromatic nitrogens is 1. The first-order valence-corrected chi connectivity index (χ1v) is 5.49. The monoisotopic (exact) mass is 257 g/mol. The summed E-state index contributed by atoms with van der Waals surface area (Å²) in [6, 6.07) is 9.91. The van der Waals surface area contributed by atoms with Crippen LogP contribution in [0.4, 0.5) is 5.69 Å². The molecule has 4 nitrogen and oxygen atoms in total. The van der Waals surface area contributed by atoms with Crippen molar-refractivity contribution in [3.05, 3.63) is 58.9 Å². The van der Waals surface area contributed by atoms with E-state index in [-0.39, 0.29) is 5.91 Å². The third-order valence-corrected chi connectivity index (χ3v) is 2.62. The molecule has 0 aliphatic heterocycles. The lowest BCUT2D eigenvalue weighted by Gasteiger charge is -2.06. The summed E-state index contributed by atoms with van der Waals surface area (Å²) in [6.07, 6.45) is 3.02. The molecule has 0 bridgehead atoms. The maximum atomic E-state index is 11.9. The average molecular weight is 258 g/mol. The molecule has 0 unspecified atom stereocenters. The van der Waals surface area contributed by atoms with Gasteiger partial charge in [0.15, 0.2) is 0 Å². The second kappa shape index (κ2) is 5.30. The van der Waals surface area contributed by atoms with Crippen LogP contribution in [0.1, 0.15) is 15.9 Å². The molecule has 2 rings (SSSR count). The first kappa shape index (κ1) is 12.1. The van der Waals surface area contributed by atoms with E-state index in [0.717, 1.165) is 0 Å². The van der Waals surface area contributed by atoms with Crippen LogP contribution in [-0.2, 0) is 0 Å². The number of pyridine rings is 1. The van der Waals surface area contributed by atoms with Gasteiger partial charge in [0.2, 0.25) is 0 Å². The smallest absolute Gasteiger partial charge is 0.255 e. The van der Waals surface area contributed by atoms with E-state index in [9.17, 15) is 4.79 Å². The van der Waals surface area contributed by atoms with E-state index in [4.69, 9.17) is 16.9 Å². The van der Waals surface area contributed by atoms with Crippen molar-refractivity contribution in [1.29, 1.82) is 5.26 Å². The Balaban J connectivity index is 2.17. The minimum Gasteiger partial charge on any atom is -0.319 e. The largest absolute Gasteiger partial charge is 0.319 e. The number of nitrogens with one attached hydrogen (secondary N) is 1. The van der Waals surface area contributed by atoms with E-state index in [0.29, 0.717) is 21.8 Å². The maximum absolute atomic E-state index is 11.9. The number of benzene rings is 1. The van der Waals surface area contributed by atoms with Gasteiger partial charge in [-0.25, -0.2) is 0 Å². The van der Waals surface area contributed by atoms with Crippen molar-refractivity contribution in [1.82, 2.24) is 4.98 Å². The Kier molecular flexibility index (Phi) is 3.56. The lowest BCUT2D eigenvalue weighted by molar-refractivity contribution is 0.102. The number of rotatable bonds is 2. The molecule has 0 aliphatic rings. The van der Waals surface area contributed by atoms with Crippen LogP contribution in [0.15, 0.2) is 42.7 Å². The Morgan fingerprint density at radius 3 is 2.61 bits per heavy atom. The fraction of sp³-hybridized carbons (Fsp3) is 0. The van der Waals surface area contributed by atoms with Crippen molar-refractivity contribution >= 4 is 23.2 Å². The number of amides is 1. The Bertz CT molecular complexity index is 617. The lowest BCUT2D eigenvalue weighted by Crippen LogP contribution is -2.12. The quantitative estimate of drug-likeness (QED) is 0.900. The van der Waals surface area contributed by atoms with E-state index in [1.807, 2.05) is 6.07 Å². The maximum Gasteiger partial charge on any atom is 0.255 e. The number of carbonyl (C=O) groups is 1. The normalized spacial score (nSPS) is 9.56.